The fraction of sp³-hybridized carbons (Fsp3) is 0.231. The molecule has 0 unspecified atom stereocenters. The van der Waals surface area contributed by atoms with Gasteiger partial charge < -0.3 is 15.4 Å². The molecule has 0 saturated carbocycles. The summed E-state index contributed by atoms with van der Waals surface area (Å²) in [6.07, 6.45) is 0.310. The lowest BCUT2D eigenvalue weighted by atomic mass is 10.0. The second-order valence-corrected chi connectivity index (χ2v) is 4.13. The SMILES string of the molecule is Cc1ccc(-c2c(CCC(=O)O)noc2N)cc1. The van der Waals surface area contributed by atoms with Gasteiger partial charge in [0.2, 0.25) is 5.88 Å². The van der Waals surface area contributed by atoms with Gasteiger partial charge in [0.1, 0.15) is 0 Å². The first kappa shape index (κ1) is 12.2. The Kier molecular flexibility index (Phi) is 3.32. The van der Waals surface area contributed by atoms with Crippen molar-refractivity contribution in [1.29, 1.82) is 0 Å². The van der Waals surface area contributed by atoms with Gasteiger partial charge in [0.05, 0.1) is 17.7 Å². The molecular formula is C13H14N2O3. The molecule has 94 valence electrons. The van der Waals surface area contributed by atoms with Crippen LogP contribution < -0.4 is 5.73 Å². The zero-order chi connectivity index (χ0) is 13.1. The first-order valence-electron chi connectivity index (χ1n) is 5.61. The lowest BCUT2D eigenvalue weighted by Crippen LogP contribution is -1.99. The highest BCUT2D eigenvalue weighted by Crippen LogP contribution is 2.30. The summed E-state index contributed by atoms with van der Waals surface area (Å²) in [4.78, 5) is 10.6. The summed E-state index contributed by atoms with van der Waals surface area (Å²) in [5.41, 5.74) is 9.04. The van der Waals surface area contributed by atoms with Gasteiger partial charge in [-0.2, -0.15) is 0 Å². The second kappa shape index (κ2) is 4.91. The van der Waals surface area contributed by atoms with E-state index in [0.717, 1.165) is 11.1 Å². The normalized spacial score (nSPS) is 10.5. The average Bonchev–Trinajstić information content (AvgIpc) is 2.69. The molecule has 0 amide bonds. The lowest BCUT2D eigenvalue weighted by Gasteiger charge is -2.02. The number of nitrogen functional groups attached to an aromatic ring is 1. The number of aromatic nitrogens is 1. The number of aliphatic carboxylic acids is 1. The van der Waals surface area contributed by atoms with E-state index in [0.29, 0.717) is 17.7 Å². The van der Waals surface area contributed by atoms with Crippen LogP contribution in [0.25, 0.3) is 11.1 Å². The molecule has 3 N–H and O–H groups in total. The van der Waals surface area contributed by atoms with Crippen molar-refractivity contribution in [2.75, 3.05) is 5.73 Å². The Morgan fingerprint density at radius 2 is 2.06 bits per heavy atom. The van der Waals surface area contributed by atoms with Gasteiger partial charge in [-0.25, -0.2) is 0 Å². The van der Waals surface area contributed by atoms with Crippen molar-refractivity contribution in [1.82, 2.24) is 5.16 Å². The van der Waals surface area contributed by atoms with Gasteiger partial charge in [0, 0.05) is 6.42 Å². The highest BCUT2D eigenvalue weighted by Gasteiger charge is 2.16. The van der Waals surface area contributed by atoms with Crippen molar-refractivity contribution >= 4 is 11.9 Å². The van der Waals surface area contributed by atoms with Gasteiger partial charge in [-0.15, -0.1) is 0 Å². The van der Waals surface area contributed by atoms with Crippen LogP contribution in [0.1, 0.15) is 17.7 Å². The summed E-state index contributed by atoms with van der Waals surface area (Å²) < 4.78 is 4.95. The summed E-state index contributed by atoms with van der Waals surface area (Å²) in [6.45, 7) is 1.99. The third-order valence-corrected chi connectivity index (χ3v) is 2.71. The number of carboxylic acid groups (broad SMARTS) is 1. The van der Waals surface area contributed by atoms with Crippen LogP contribution in [0.4, 0.5) is 5.88 Å². The molecule has 0 aliphatic rings. The zero-order valence-electron chi connectivity index (χ0n) is 10.0. The Hall–Kier alpha value is -2.30. The zero-order valence-corrected chi connectivity index (χ0v) is 10.0. The summed E-state index contributed by atoms with van der Waals surface area (Å²) in [5.74, 6) is -0.648. The predicted octanol–water partition coefficient (Wildman–Crippen LogP) is 2.25. The van der Waals surface area contributed by atoms with E-state index in [2.05, 4.69) is 5.16 Å². The van der Waals surface area contributed by atoms with E-state index < -0.39 is 5.97 Å². The third-order valence-electron chi connectivity index (χ3n) is 2.71. The topological polar surface area (TPSA) is 89.3 Å². The Bertz CT molecular complexity index is 558. The van der Waals surface area contributed by atoms with Crippen LogP contribution in [-0.4, -0.2) is 16.2 Å². The number of aryl methyl sites for hydroxylation is 2. The first-order valence-corrected chi connectivity index (χ1v) is 5.61. The summed E-state index contributed by atoms with van der Waals surface area (Å²) in [6, 6.07) is 7.76. The van der Waals surface area contributed by atoms with E-state index in [9.17, 15) is 4.79 Å². The number of nitrogens with two attached hydrogens (primary N) is 1. The van der Waals surface area contributed by atoms with E-state index in [4.69, 9.17) is 15.4 Å². The van der Waals surface area contributed by atoms with Crippen molar-refractivity contribution in [3.8, 4) is 11.1 Å². The van der Waals surface area contributed by atoms with Crippen LogP contribution in [0.15, 0.2) is 28.8 Å². The number of carbonyl (C=O) groups is 1. The molecule has 5 nitrogen and oxygen atoms in total. The fourth-order valence-electron chi connectivity index (χ4n) is 1.76. The van der Waals surface area contributed by atoms with Crippen LogP contribution in [0.2, 0.25) is 0 Å². The number of rotatable bonds is 4. The first-order chi connectivity index (χ1) is 8.58. The molecule has 1 aromatic carbocycles. The third kappa shape index (κ3) is 2.51. The summed E-state index contributed by atoms with van der Waals surface area (Å²) >= 11 is 0. The highest BCUT2D eigenvalue weighted by atomic mass is 16.5. The maximum absolute atomic E-state index is 10.6. The van der Waals surface area contributed by atoms with Crippen molar-refractivity contribution in [2.24, 2.45) is 0 Å². The Morgan fingerprint density at radius 1 is 1.39 bits per heavy atom. The van der Waals surface area contributed by atoms with Gasteiger partial charge in [-0.3, -0.25) is 4.79 Å². The van der Waals surface area contributed by atoms with Crippen LogP contribution in [0.5, 0.6) is 0 Å². The summed E-state index contributed by atoms with van der Waals surface area (Å²) in [7, 11) is 0. The van der Waals surface area contributed by atoms with Crippen LogP contribution >= 0.6 is 0 Å². The molecule has 0 fully saturated rings. The van der Waals surface area contributed by atoms with Crippen molar-refractivity contribution in [3.05, 3.63) is 35.5 Å². The number of nitrogens with zero attached hydrogens (tertiary/aromatic N) is 1. The van der Waals surface area contributed by atoms with E-state index in [1.54, 1.807) is 0 Å². The van der Waals surface area contributed by atoms with Crippen molar-refractivity contribution in [3.63, 3.8) is 0 Å². The molecule has 0 spiro atoms. The maximum atomic E-state index is 10.6. The van der Waals surface area contributed by atoms with E-state index >= 15 is 0 Å². The van der Waals surface area contributed by atoms with Crippen LogP contribution in [-0.2, 0) is 11.2 Å². The number of benzene rings is 1. The highest BCUT2D eigenvalue weighted by molar-refractivity contribution is 5.76. The Balaban J connectivity index is 2.34. The Morgan fingerprint density at radius 3 is 2.67 bits per heavy atom. The molecule has 1 aromatic heterocycles. The van der Waals surface area contributed by atoms with E-state index in [1.165, 1.54) is 0 Å². The largest absolute Gasteiger partial charge is 0.481 e. The monoisotopic (exact) mass is 246 g/mol. The van der Waals surface area contributed by atoms with E-state index in [-0.39, 0.29) is 12.3 Å². The number of hydrogen-bond acceptors (Lipinski definition) is 4. The minimum absolute atomic E-state index is 0.00480. The quantitative estimate of drug-likeness (QED) is 0.863. The summed E-state index contributed by atoms with van der Waals surface area (Å²) in [5, 5.41) is 12.5. The van der Waals surface area contributed by atoms with Gasteiger partial charge in [-0.05, 0) is 12.5 Å². The molecule has 2 aromatic rings. The predicted molar refractivity (Wildman–Crippen MR) is 67.0 cm³/mol. The van der Waals surface area contributed by atoms with Crippen molar-refractivity contribution < 1.29 is 14.4 Å². The molecule has 5 heteroatoms. The van der Waals surface area contributed by atoms with Crippen LogP contribution in [0.3, 0.4) is 0 Å². The average molecular weight is 246 g/mol. The number of hydrogen-bond donors (Lipinski definition) is 2. The molecule has 0 aliphatic heterocycles. The fourth-order valence-corrected chi connectivity index (χ4v) is 1.76. The van der Waals surface area contributed by atoms with E-state index in [1.807, 2.05) is 31.2 Å². The molecule has 0 saturated heterocycles. The molecule has 18 heavy (non-hydrogen) atoms. The van der Waals surface area contributed by atoms with Gasteiger partial charge >= 0.3 is 5.97 Å². The second-order valence-electron chi connectivity index (χ2n) is 4.13. The molecule has 1 heterocycles. The number of carboxylic acids is 1. The molecule has 0 atom stereocenters. The minimum Gasteiger partial charge on any atom is -0.481 e. The van der Waals surface area contributed by atoms with Crippen LogP contribution in [0, 0.1) is 6.92 Å². The van der Waals surface area contributed by atoms with Crippen molar-refractivity contribution in [2.45, 2.75) is 19.8 Å². The molecule has 0 aliphatic carbocycles. The van der Waals surface area contributed by atoms with Gasteiger partial charge in [0.25, 0.3) is 0 Å². The van der Waals surface area contributed by atoms with Gasteiger partial charge in [0.15, 0.2) is 0 Å². The molecule has 0 radical (unpaired) electrons. The maximum Gasteiger partial charge on any atom is 0.303 e. The molecular weight excluding hydrogens is 232 g/mol. The number of anilines is 1. The molecule has 2 rings (SSSR count). The van der Waals surface area contributed by atoms with Gasteiger partial charge in [-0.1, -0.05) is 35.0 Å². The Labute approximate surface area is 104 Å². The molecule has 0 bridgehead atoms. The lowest BCUT2D eigenvalue weighted by molar-refractivity contribution is -0.136. The standard InChI is InChI=1S/C13H14N2O3/c1-8-2-4-9(5-3-8)12-10(6-7-11(16)17)15-18-13(12)14/h2-5H,6-7,14H2,1H3,(H,16,17). The minimum atomic E-state index is -0.869. The smallest absolute Gasteiger partial charge is 0.303 e.